The SMILES string of the molecule is CNC(=O)C1CCCCN1c1nnccc1CN. The molecule has 3 N–H and O–H groups in total. The summed E-state index contributed by atoms with van der Waals surface area (Å²) < 4.78 is 0. The molecule has 2 rings (SSSR count). The summed E-state index contributed by atoms with van der Waals surface area (Å²) >= 11 is 0. The minimum atomic E-state index is -0.161. The summed E-state index contributed by atoms with van der Waals surface area (Å²) in [6.45, 7) is 1.23. The fourth-order valence-electron chi connectivity index (χ4n) is 2.38. The van der Waals surface area contributed by atoms with Gasteiger partial charge in [-0.2, -0.15) is 5.10 Å². The van der Waals surface area contributed by atoms with Crippen molar-refractivity contribution in [2.24, 2.45) is 5.73 Å². The van der Waals surface area contributed by atoms with E-state index in [0.29, 0.717) is 6.54 Å². The molecule has 1 fully saturated rings. The van der Waals surface area contributed by atoms with Gasteiger partial charge in [0.2, 0.25) is 5.91 Å². The molecule has 1 aliphatic rings. The molecular formula is C12H19N5O. The van der Waals surface area contributed by atoms with Gasteiger partial charge in [-0.3, -0.25) is 4.79 Å². The van der Waals surface area contributed by atoms with Crippen molar-refractivity contribution in [1.29, 1.82) is 0 Å². The Bertz CT molecular complexity index is 423. The van der Waals surface area contributed by atoms with Crippen molar-refractivity contribution in [3.05, 3.63) is 17.8 Å². The first-order valence-corrected chi connectivity index (χ1v) is 6.26. The van der Waals surface area contributed by atoms with E-state index in [1.54, 1.807) is 13.2 Å². The number of anilines is 1. The molecule has 0 spiro atoms. The number of carbonyl (C=O) groups excluding carboxylic acids is 1. The molecule has 0 aliphatic carbocycles. The van der Waals surface area contributed by atoms with Crippen LogP contribution in [0.25, 0.3) is 0 Å². The van der Waals surface area contributed by atoms with Crippen LogP contribution in [-0.4, -0.2) is 35.7 Å². The fourth-order valence-corrected chi connectivity index (χ4v) is 2.38. The molecule has 98 valence electrons. The normalized spacial score (nSPS) is 19.7. The van der Waals surface area contributed by atoms with Gasteiger partial charge >= 0.3 is 0 Å². The molecule has 1 atom stereocenters. The van der Waals surface area contributed by atoms with Crippen LogP contribution in [0.4, 0.5) is 5.82 Å². The van der Waals surface area contributed by atoms with Crippen LogP contribution in [0.1, 0.15) is 24.8 Å². The van der Waals surface area contributed by atoms with Crippen molar-refractivity contribution < 1.29 is 4.79 Å². The molecule has 1 amide bonds. The third-order valence-electron chi connectivity index (χ3n) is 3.33. The predicted octanol–water partition coefficient (Wildman–Crippen LogP) is 0.0402. The summed E-state index contributed by atoms with van der Waals surface area (Å²) in [4.78, 5) is 13.9. The Morgan fingerprint density at radius 1 is 1.61 bits per heavy atom. The lowest BCUT2D eigenvalue weighted by molar-refractivity contribution is -0.122. The maximum absolute atomic E-state index is 11.9. The Morgan fingerprint density at radius 2 is 2.44 bits per heavy atom. The molecule has 6 nitrogen and oxygen atoms in total. The van der Waals surface area contributed by atoms with Gasteiger partial charge < -0.3 is 16.0 Å². The first kappa shape index (κ1) is 12.8. The maximum atomic E-state index is 11.9. The van der Waals surface area contributed by atoms with Crippen LogP contribution in [0.3, 0.4) is 0 Å². The molecule has 1 aliphatic heterocycles. The highest BCUT2D eigenvalue weighted by Gasteiger charge is 2.30. The van der Waals surface area contributed by atoms with E-state index >= 15 is 0 Å². The summed E-state index contributed by atoms with van der Waals surface area (Å²) in [5.74, 6) is 0.775. The highest BCUT2D eigenvalue weighted by molar-refractivity contribution is 5.85. The smallest absolute Gasteiger partial charge is 0.242 e. The topological polar surface area (TPSA) is 84.1 Å². The van der Waals surface area contributed by atoms with Gasteiger partial charge in [0, 0.05) is 25.7 Å². The van der Waals surface area contributed by atoms with E-state index in [2.05, 4.69) is 15.5 Å². The average Bonchev–Trinajstić information content (AvgIpc) is 2.46. The summed E-state index contributed by atoms with van der Waals surface area (Å²) in [5.41, 5.74) is 6.65. The summed E-state index contributed by atoms with van der Waals surface area (Å²) in [5, 5.41) is 10.8. The quantitative estimate of drug-likeness (QED) is 0.790. The van der Waals surface area contributed by atoms with Crippen LogP contribution < -0.4 is 16.0 Å². The Hall–Kier alpha value is -1.69. The minimum absolute atomic E-state index is 0.0309. The van der Waals surface area contributed by atoms with E-state index in [1.807, 2.05) is 11.0 Å². The number of carbonyl (C=O) groups is 1. The highest BCUT2D eigenvalue weighted by Crippen LogP contribution is 2.25. The first-order valence-electron chi connectivity index (χ1n) is 6.26. The number of nitrogens with one attached hydrogen (secondary N) is 1. The van der Waals surface area contributed by atoms with E-state index in [-0.39, 0.29) is 11.9 Å². The van der Waals surface area contributed by atoms with Gasteiger partial charge in [-0.05, 0) is 25.3 Å². The molecular weight excluding hydrogens is 230 g/mol. The predicted molar refractivity (Wildman–Crippen MR) is 69.0 cm³/mol. The summed E-state index contributed by atoms with van der Waals surface area (Å²) in [6.07, 6.45) is 4.60. The second kappa shape index (κ2) is 5.77. The molecule has 1 saturated heterocycles. The van der Waals surface area contributed by atoms with Crippen LogP contribution >= 0.6 is 0 Å². The number of amides is 1. The van der Waals surface area contributed by atoms with Gasteiger partial charge in [0.25, 0.3) is 0 Å². The van der Waals surface area contributed by atoms with Crippen molar-refractivity contribution >= 4 is 11.7 Å². The third kappa shape index (κ3) is 2.43. The third-order valence-corrected chi connectivity index (χ3v) is 3.33. The van der Waals surface area contributed by atoms with Crippen molar-refractivity contribution in [3.8, 4) is 0 Å². The molecule has 0 aromatic carbocycles. The van der Waals surface area contributed by atoms with E-state index in [9.17, 15) is 4.79 Å². The van der Waals surface area contributed by atoms with Crippen LogP contribution in [0.2, 0.25) is 0 Å². The largest absolute Gasteiger partial charge is 0.357 e. The number of nitrogens with zero attached hydrogens (tertiary/aromatic N) is 3. The molecule has 18 heavy (non-hydrogen) atoms. The number of rotatable bonds is 3. The zero-order valence-corrected chi connectivity index (χ0v) is 10.6. The van der Waals surface area contributed by atoms with Gasteiger partial charge in [0.15, 0.2) is 5.82 Å². The fraction of sp³-hybridized carbons (Fsp3) is 0.583. The van der Waals surface area contributed by atoms with Crippen LogP contribution in [0, 0.1) is 0 Å². The number of likely N-dealkylation sites (N-methyl/N-ethyl adjacent to an activating group) is 1. The molecule has 1 unspecified atom stereocenters. The zero-order chi connectivity index (χ0) is 13.0. The van der Waals surface area contributed by atoms with Crippen molar-refractivity contribution in [2.45, 2.75) is 31.8 Å². The van der Waals surface area contributed by atoms with E-state index < -0.39 is 0 Å². The molecule has 1 aromatic heterocycles. The van der Waals surface area contributed by atoms with Gasteiger partial charge in [0.1, 0.15) is 6.04 Å². The van der Waals surface area contributed by atoms with E-state index in [1.165, 1.54) is 0 Å². The van der Waals surface area contributed by atoms with Gasteiger partial charge in [-0.15, -0.1) is 5.10 Å². The Labute approximate surface area is 107 Å². The maximum Gasteiger partial charge on any atom is 0.242 e. The lowest BCUT2D eigenvalue weighted by Gasteiger charge is -2.35. The van der Waals surface area contributed by atoms with Gasteiger partial charge in [0.05, 0.1) is 6.20 Å². The van der Waals surface area contributed by atoms with E-state index in [0.717, 1.165) is 37.2 Å². The Kier molecular flexibility index (Phi) is 4.09. The van der Waals surface area contributed by atoms with Crippen LogP contribution in [0.5, 0.6) is 0 Å². The number of nitrogens with two attached hydrogens (primary N) is 1. The molecule has 1 aromatic rings. The second-order valence-electron chi connectivity index (χ2n) is 4.40. The molecule has 0 saturated carbocycles. The van der Waals surface area contributed by atoms with Crippen molar-refractivity contribution in [1.82, 2.24) is 15.5 Å². The molecule has 6 heteroatoms. The number of hydrogen-bond acceptors (Lipinski definition) is 5. The lowest BCUT2D eigenvalue weighted by Crippen LogP contribution is -2.49. The lowest BCUT2D eigenvalue weighted by atomic mass is 10.0. The van der Waals surface area contributed by atoms with E-state index in [4.69, 9.17) is 5.73 Å². The number of piperidine rings is 1. The average molecular weight is 249 g/mol. The number of hydrogen-bond donors (Lipinski definition) is 2. The molecule has 2 heterocycles. The van der Waals surface area contributed by atoms with Crippen molar-refractivity contribution in [2.75, 3.05) is 18.5 Å². The minimum Gasteiger partial charge on any atom is -0.357 e. The summed E-state index contributed by atoms with van der Waals surface area (Å²) in [6, 6.07) is 1.70. The molecule has 0 bridgehead atoms. The van der Waals surface area contributed by atoms with Gasteiger partial charge in [-0.25, -0.2) is 0 Å². The number of aromatic nitrogens is 2. The van der Waals surface area contributed by atoms with Crippen LogP contribution in [-0.2, 0) is 11.3 Å². The van der Waals surface area contributed by atoms with Crippen LogP contribution in [0.15, 0.2) is 12.3 Å². The first-order chi connectivity index (χ1) is 8.77. The second-order valence-corrected chi connectivity index (χ2v) is 4.40. The Morgan fingerprint density at radius 3 is 3.17 bits per heavy atom. The summed E-state index contributed by atoms with van der Waals surface area (Å²) in [7, 11) is 1.66. The van der Waals surface area contributed by atoms with Crippen molar-refractivity contribution in [3.63, 3.8) is 0 Å². The zero-order valence-electron chi connectivity index (χ0n) is 10.6. The highest BCUT2D eigenvalue weighted by atomic mass is 16.2. The molecule has 0 radical (unpaired) electrons. The Balaban J connectivity index is 2.30. The standard InChI is InChI=1S/C12H19N5O/c1-14-12(18)10-4-2-3-7-17(10)11-9(8-13)5-6-15-16-11/h5-6,10H,2-4,7-8,13H2,1H3,(H,14,18). The van der Waals surface area contributed by atoms with Gasteiger partial charge in [-0.1, -0.05) is 0 Å². The monoisotopic (exact) mass is 249 g/mol.